The van der Waals surface area contributed by atoms with E-state index in [-0.39, 0.29) is 0 Å². The highest BCUT2D eigenvalue weighted by Crippen LogP contribution is 2.23. The molecular formula is C12H14BrN3O2. The van der Waals surface area contributed by atoms with Gasteiger partial charge in [0.15, 0.2) is 0 Å². The Balaban J connectivity index is 2.22. The third-order valence-corrected chi connectivity index (χ3v) is 3.34. The van der Waals surface area contributed by atoms with Gasteiger partial charge in [-0.2, -0.15) is 0 Å². The van der Waals surface area contributed by atoms with E-state index in [0.29, 0.717) is 12.2 Å². The summed E-state index contributed by atoms with van der Waals surface area (Å²) in [6.07, 6.45) is 1.13. The van der Waals surface area contributed by atoms with E-state index in [0.717, 1.165) is 15.8 Å². The molecular weight excluding hydrogens is 298 g/mol. The van der Waals surface area contributed by atoms with Crippen LogP contribution in [-0.4, -0.2) is 27.2 Å². The summed E-state index contributed by atoms with van der Waals surface area (Å²) < 4.78 is 7.85. The molecule has 96 valence electrons. The summed E-state index contributed by atoms with van der Waals surface area (Å²) >= 11 is 3.49. The highest BCUT2D eigenvalue weighted by atomic mass is 79.9. The van der Waals surface area contributed by atoms with E-state index in [1.165, 1.54) is 0 Å². The number of benzene rings is 1. The molecule has 2 aromatic rings. The Morgan fingerprint density at radius 3 is 2.89 bits per heavy atom. The molecule has 5 nitrogen and oxygen atoms in total. The van der Waals surface area contributed by atoms with E-state index in [2.05, 4.69) is 26.2 Å². The van der Waals surface area contributed by atoms with Gasteiger partial charge in [0.25, 0.3) is 0 Å². The monoisotopic (exact) mass is 311 g/mol. The van der Waals surface area contributed by atoms with Crippen LogP contribution in [0.3, 0.4) is 0 Å². The van der Waals surface area contributed by atoms with E-state index in [1.807, 2.05) is 18.2 Å². The zero-order valence-electron chi connectivity index (χ0n) is 10.2. The molecule has 0 saturated carbocycles. The molecule has 0 spiro atoms. The van der Waals surface area contributed by atoms with Gasteiger partial charge in [-0.05, 0) is 30.7 Å². The van der Waals surface area contributed by atoms with E-state index in [1.54, 1.807) is 24.9 Å². The summed E-state index contributed by atoms with van der Waals surface area (Å²) in [5.41, 5.74) is 1.60. The van der Waals surface area contributed by atoms with Crippen molar-refractivity contribution in [2.45, 2.75) is 19.6 Å². The Hall–Kier alpha value is -1.40. The largest absolute Gasteiger partial charge is 0.497 e. The van der Waals surface area contributed by atoms with Gasteiger partial charge in [-0.15, -0.1) is 5.10 Å². The molecule has 2 rings (SSSR count). The topological polar surface area (TPSA) is 60.2 Å². The predicted molar refractivity (Wildman–Crippen MR) is 70.5 cm³/mol. The molecule has 0 amide bonds. The molecule has 1 heterocycles. The van der Waals surface area contributed by atoms with E-state index >= 15 is 0 Å². The van der Waals surface area contributed by atoms with Gasteiger partial charge >= 0.3 is 0 Å². The molecule has 1 atom stereocenters. The van der Waals surface area contributed by atoms with Gasteiger partial charge in [0, 0.05) is 4.47 Å². The number of aromatic nitrogens is 3. The zero-order chi connectivity index (χ0) is 13.1. The quantitative estimate of drug-likeness (QED) is 0.940. The molecule has 1 aromatic heterocycles. The van der Waals surface area contributed by atoms with Crippen LogP contribution < -0.4 is 4.74 Å². The van der Waals surface area contributed by atoms with Gasteiger partial charge in [0.2, 0.25) is 0 Å². The van der Waals surface area contributed by atoms with Gasteiger partial charge in [-0.3, -0.25) is 0 Å². The molecule has 1 aromatic carbocycles. The average molecular weight is 312 g/mol. The minimum Gasteiger partial charge on any atom is -0.497 e. The van der Waals surface area contributed by atoms with E-state index in [9.17, 15) is 5.11 Å². The first-order valence-electron chi connectivity index (χ1n) is 5.50. The fourth-order valence-corrected chi connectivity index (χ4v) is 1.93. The van der Waals surface area contributed by atoms with Crippen molar-refractivity contribution in [3.8, 4) is 5.75 Å². The van der Waals surface area contributed by atoms with Crippen LogP contribution >= 0.6 is 15.9 Å². The summed E-state index contributed by atoms with van der Waals surface area (Å²) in [7, 11) is 1.63. The second kappa shape index (κ2) is 5.49. The molecule has 1 unspecified atom stereocenters. The summed E-state index contributed by atoms with van der Waals surface area (Å²) in [5.74, 6) is 0.795. The molecule has 0 aliphatic rings. The maximum Gasteiger partial charge on any atom is 0.119 e. The maximum atomic E-state index is 9.39. The second-order valence-electron chi connectivity index (χ2n) is 3.97. The molecule has 18 heavy (non-hydrogen) atoms. The van der Waals surface area contributed by atoms with Crippen LogP contribution in [0.2, 0.25) is 0 Å². The van der Waals surface area contributed by atoms with E-state index < -0.39 is 6.10 Å². The van der Waals surface area contributed by atoms with Crippen LogP contribution in [-0.2, 0) is 6.54 Å². The van der Waals surface area contributed by atoms with Gasteiger partial charge < -0.3 is 9.84 Å². The Bertz CT molecular complexity index is 540. The molecule has 1 N–H and O–H groups in total. The molecule has 6 heteroatoms. The minimum absolute atomic E-state index is 0.564. The fourth-order valence-electron chi connectivity index (χ4n) is 1.56. The first kappa shape index (κ1) is 13.0. The van der Waals surface area contributed by atoms with Gasteiger partial charge in [0.05, 0.1) is 26.0 Å². The number of methoxy groups -OCH3 is 1. The molecule has 0 radical (unpaired) electrons. The van der Waals surface area contributed by atoms with Crippen molar-refractivity contribution in [1.29, 1.82) is 0 Å². The Morgan fingerprint density at radius 1 is 1.50 bits per heavy atom. The predicted octanol–water partition coefficient (Wildman–Crippen LogP) is 2.15. The van der Waals surface area contributed by atoms with Crippen molar-refractivity contribution in [3.05, 3.63) is 40.1 Å². The highest BCUT2D eigenvalue weighted by molar-refractivity contribution is 9.10. The lowest BCUT2D eigenvalue weighted by atomic mass is 10.2. The van der Waals surface area contributed by atoms with Crippen LogP contribution in [0, 0.1) is 0 Å². The average Bonchev–Trinajstić information content (AvgIpc) is 2.81. The van der Waals surface area contributed by atoms with Crippen LogP contribution in [0.1, 0.15) is 24.3 Å². The van der Waals surface area contributed by atoms with Crippen LogP contribution in [0.15, 0.2) is 28.9 Å². The van der Waals surface area contributed by atoms with Crippen molar-refractivity contribution < 1.29 is 9.84 Å². The van der Waals surface area contributed by atoms with Crippen LogP contribution in [0.4, 0.5) is 0 Å². The number of hydrogen-bond acceptors (Lipinski definition) is 4. The van der Waals surface area contributed by atoms with Crippen molar-refractivity contribution in [2.24, 2.45) is 0 Å². The summed E-state index contributed by atoms with van der Waals surface area (Å²) in [4.78, 5) is 0. The standard InChI is InChI=1S/C12H14BrN3O2/c1-8(17)12-7-16(15-14-12)6-9-5-10(18-2)3-4-11(9)13/h3-5,7-8,17H,6H2,1-2H3. The number of nitrogens with zero attached hydrogens (tertiary/aromatic N) is 3. The maximum absolute atomic E-state index is 9.39. The molecule has 0 saturated heterocycles. The molecule has 0 aliphatic heterocycles. The SMILES string of the molecule is COc1ccc(Br)c(Cn2cc(C(C)O)nn2)c1. The number of halogens is 1. The smallest absolute Gasteiger partial charge is 0.119 e. The summed E-state index contributed by atoms with van der Waals surface area (Å²) in [6.45, 7) is 2.23. The third kappa shape index (κ3) is 2.88. The zero-order valence-corrected chi connectivity index (χ0v) is 11.8. The normalized spacial score (nSPS) is 12.4. The first-order valence-corrected chi connectivity index (χ1v) is 6.30. The van der Waals surface area contributed by atoms with Gasteiger partial charge in [-0.1, -0.05) is 21.1 Å². The lowest BCUT2D eigenvalue weighted by Gasteiger charge is -2.07. The third-order valence-electron chi connectivity index (χ3n) is 2.57. The van der Waals surface area contributed by atoms with Crippen molar-refractivity contribution >= 4 is 15.9 Å². The second-order valence-corrected chi connectivity index (χ2v) is 4.83. The molecule has 0 aliphatic carbocycles. The Kier molecular flexibility index (Phi) is 3.98. The van der Waals surface area contributed by atoms with Crippen molar-refractivity contribution in [2.75, 3.05) is 7.11 Å². The summed E-state index contributed by atoms with van der Waals surface area (Å²) in [6, 6.07) is 5.75. The van der Waals surface area contributed by atoms with Crippen LogP contribution in [0.25, 0.3) is 0 Å². The van der Waals surface area contributed by atoms with Crippen molar-refractivity contribution in [3.63, 3.8) is 0 Å². The lowest BCUT2D eigenvalue weighted by Crippen LogP contribution is -2.01. The number of hydrogen-bond donors (Lipinski definition) is 1. The number of rotatable bonds is 4. The van der Waals surface area contributed by atoms with E-state index in [4.69, 9.17) is 4.74 Å². The minimum atomic E-state index is -0.604. The van der Waals surface area contributed by atoms with Gasteiger partial charge in [0.1, 0.15) is 11.4 Å². The Morgan fingerprint density at radius 2 is 2.28 bits per heavy atom. The number of ether oxygens (including phenoxy) is 1. The number of aliphatic hydroxyl groups is 1. The molecule has 0 fully saturated rings. The van der Waals surface area contributed by atoms with Gasteiger partial charge in [-0.25, -0.2) is 4.68 Å². The summed E-state index contributed by atoms with van der Waals surface area (Å²) in [5, 5.41) is 17.3. The fraction of sp³-hybridized carbons (Fsp3) is 0.333. The number of aliphatic hydroxyl groups excluding tert-OH is 1. The highest BCUT2D eigenvalue weighted by Gasteiger charge is 2.08. The lowest BCUT2D eigenvalue weighted by molar-refractivity contribution is 0.194. The van der Waals surface area contributed by atoms with Crippen molar-refractivity contribution in [1.82, 2.24) is 15.0 Å². The Labute approximate surface area is 114 Å². The van der Waals surface area contributed by atoms with Crippen LogP contribution in [0.5, 0.6) is 5.75 Å². The molecule has 0 bridgehead atoms. The first-order chi connectivity index (χ1) is 8.60.